The number of carbonyl (C=O) groups is 2. The van der Waals surface area contributed by atoms with E-state index in [1.54, 1.807) is 0 Å². The van der Waals surface area contributed by atoms with Crippen LogP contribution in [0.4, 0.5) is 0 Å². The minimum Gasteiger partial charge on any atom is -0.347 e. The molecule has 0 aromatic carbocycles. The minimum atomic E-state index is 0.00930. The van der Waals surface area contributed by atoms with Crippen LogP contribution in [0.15, 0.2) is 0 Å². The van der Waals surface area contributed by atoms with Gasteiger partial charge in [-0.05, 0) is 25.3 Å². The summed E-state index contributed by atoms with van der Waals surface area (Å²) in [4.78, 5) is 25.4. The van der Waals surface area contributed by atoms with E-state index in [2.05, 4.69) is 17.6 Å². The average Bonchev–Trinajstić information content (AvgIpc) is 2.95. The van der Waals surface area contributed by atoms with Gasteiger partial charge in [0.05, 0.1) is 12.5 Å². The van der Waals surface area contributed by atoms with Crippen molar-refractivity contribution in [1.82, 2.24) is 15.5 Å². The Bertz CT molecular complexity index is 300. The molecule has 2 rings (SSSR count). The van der Waals surface area contributed by atoms with Crippen molar-refractivity contribution in [3.63, 3.8) is 0 Å². The second-order valence-electron chi connectivity index (χ2n) is 5.05. The van der Waals surface area contributed by atoms with Crippen LogP contribution in [0.3, 0.4) is 0 Å². The molecule has 2 atom stereocenters. The molecule has 2 N–H and O–H groups in total. The summed E-state index contributed by atoms with van der Waals surface area (Å²) in [6.45, 7) is 5.52. The van der Waals surface area contributed by atoms with Gasteiger partial charge in [0.2, 0.25) is 11.8 Å². The van der Waals surface area contributed by atoms with Gasteiger partial charge in [-0.3, -0.25) is 9.59 Å². The lowest BCUT2D eigenvalue weighted by atomic mass is 9.97. The molecule has 2 heterocycles. The Hall–Kier alpha value is -1.10. The van der Waals surface area contributed by atoms with Gasteiger partial charge in [0.1, 0.15) is 0 Å². The number of hydrogen-bond donors (Lipinski definition) is 2. The zero-order valence-corrected chi connectivity index (χ0v) is 10.4. The normalized spacial score (nSPS) is 28.4. The van der Waals surface area contributed by atoms with Crippen molar-refractivity contribution in [1.29, 1.82) is 0 Å². The molecule has 0 saturated carbocycles. The van der Waals surface area contributed by atoms with E-state index in [0.29, 0.717) is 5.92 Å². The molecule has 0 aromatic rings. The molecule has 0 bridgehead atoms. The molecule has 2 unspecified atom stereocenters. The van der Waals surface area contributed by atoms with Gasteiger partial charge in [-0.1, -0.05) is 6.92 Å². The maximum absolute atomic E-state index is 11.9. The SMILES string of the molecule is CC1CNCC1C(=O)NCC(=O)N1CCCC1. The molecule has 5 nitrogen and oxygen atoms in total. The van der Waals surface area contributed by atoms with Crippen molar-refractivity contribution >= 4 is 11.8 Å². The van der Waals surface area contributed by atoms with Crippen LogP contribution in [0.25, 0.3) is 0 Å². The van der Waals surface area contributed by atoms with E-state index in [-0.39, 0.29) is 24.3 Å². The summed E-state index contributed by atoms with van der Waals surface area (Å²) in [7, 11) is 0. The fourth-order valence-electron chi connectivity index (χ4n) is 2.53. The fraction of sp³-hybridized carbons (Fsp3) is 0.833. The Kier molecular flexibility index (Phi) is 3.99. The first kappa shape index (κ1) is 12.4. The first-order chi connectivity index (χ1) is 8.18. The van der Waals surface area contributed by atoms with Crippen LogP contribution in [-0.2, 0) is 9.59 Å². The van der Waals surface area contributed by atoms with Crippen molar-refractivity contribution in [2.24, 2.45) is 11.8 Å². The van der Waals surface area contributed by atoms with E-state index < -0.39 is 0 Å². The lowest BCUT2D eigenvalue weighted by Crippen LogP contribution is -2.42. The first-order valence-corrected chi connectivity index (χ1v) is 6.44. The van der Waals surface area contributed by atoms with Gasteiger partial charge in [-0.25, -0.2) is 0 Å². The summed E-state index contributed by atoms with van der Waals surface area (Å²) < 4.78 is 0. The highest BCUT2D eigenvalue weighted by atomic mass is 16.2. The van der Waals surface area contributed by atoms with Crippen molar-refractivity contribution in [3.8, 4) is 0 Å². The molecule has 2 fully saturated rings. The Labute approximate surface area is 102 Å². The third-order valence-electron chi connectivity index (χ3n) is 3.73. The summed E-state index contributed by atoms with van der Waals surface area (Å²) in [6, 6.07) is 0. The van der Waals surface area contributed by atoms with Crippen LogP contribution in [0.5, 0.6) is 0 Å². The van der Waals surface area contributed by atoms with Crippen molar-refractivity contribution in [3.05, 3.63) is 0 Å². The average molecular weight is 239 g/mol. The maximum Gasteiger partial charge on any atom is 0.241 e. The number of amides is 2. The Morgan fingerprint density at radius 3 is 2.59 bits per heavy atom. The molecule has 17 heavy (non-hydrogen) atoms. The largest absolute Gasteiger partial charge is 0.347 e. The highest BCUT2D eigenvalue weighted by Crippen LogP contribution is 2.15. The Morgan fingerprint density at radius 1 is 1.29 bits per heavy atom. The zero-order valence-electron chi connectivity index (χ0n) is 10.4. The van der Waals surface area contributed by atoms with Crippen LogP contribution >= 0.6 is 0 Å². The van der Waals surface area contributed by atoms with Crippen molar-refractivity contribution < 1.29 is 9.59 Å². The van der Waals surface area contributed by atoms with Gasteiger partial charge in [0.15, 0.2) is 0 Å². The molecule has 2 amide bonds. The van der Waals surface area contributed by atoms with Gasteiger partial charge in [-0.15, -0.1) is 0 Å². The molecule has 0 aliphatic carbocycles. The topological polar surface area (TPSA) is 61.4 Å². The molecular formula is C12H21N3O2. The van der Waals surface area contributed by atoms with E-state index in [0.717, 1.165) is 39.0 Å². The smallest absolute Gasteiger partial charge is 0.241 e. The predicted octanol–water partition coefficient (Wildman–Crippen LogP) is -0.419. The van der Waals surface area contributed by atoms with Gasteiger partial charge in [-0.2, -0.15) is 0 Å². The molecule has 2 aliphatic heterocycles. The van der Waals surface area contributed by atoms with E-state index in [1.165, 1.54) is 0 Å². The summed E-state index contributed by atoms with van der Waals surface area (Å²) in [5.74, 6) is 0.433. The fourth-order valence-corrected chi connectivity index (χ4v) is 2.53. The molecule has 2 saturated heterocycles. The molecular weight excluding hydrogens is 218 g/mol. The summed E-state index contributed by atoms with van der Waals surface area (Å²) in [6.07, 6.45) is 2.17. The zero-order chi connectivity index (χ0) is 12.3. The van der Waals surface area contributed by atoms with Gasteiger partial charge >= 0.3 is 0 Å². The number of rotatable bonds is 3. The standard InChI is InChI=1S/C12H21N3O2/c1-9-6-13-7-10(9)12(17)14-8-11(16)15-4-2-3-5-15/h9-10,13H,2-8H2,1H3,(H,14,17). The summed E-state index contributed by atoms with van der Waals surface area (Å²) >= 11 is 0. The van der Waals surface area contributed by atoms with Gasteiger partial charge in [0.25, 0.3) is 0 Å². The van der Waals surface area contributed by atoms with Crippen molar-refractivity contribution in [2.45, 2.75) is 19.8 Å². The predicted molar refractivity (Wildman–Crippen MR) is 64.3 cm³/mol. The summed E-state index contributed by atoms with van der Waals surface area (Å²) in [5.41, 5.74) is 0. The van der Waals surface area contributed by atoms with Crippen LogP contribution < -0.4 is 10.6 Å². The van der Waals surface area contributed by atoms with E-state index in [1.807, 2.05) is 4.90 Å². The maximum atomic E-state index is 11.9. The number of hydrogen-bond acceptors (Lipinski definition) is 3. The van der Waals surface area contributed by atoms with Gasteiger partial charge in [0, 0.05) is 19.6 Å². The minimum absolute atomic E-state index is 0.00930. The van der Waals surface area contributed by atoms with Crippen LogP contribution in [0, 0.1) is 11.8 Å². The highest BCUT2D eigenvalue weighted by Gasteiger charge is 2.30. The van der Waals surface area contributed by atoms with Gasteiger partial charge < -0.3 is 15.5 Å². The molecule has 2 aliphatic rings. The lowest BCUT2D eigenvalue weighted by Gasteiger charge is -2.17. The highest BCUT2D eigenvalue weighted by molar-refractivity contribution is 5.86. The summed E-state index contributed by atoms with van der Waals surface area (Å²) in [5, 5.41) is 5.95. The van der Waals surface area contributed by atoms with Crippen LogP contribution in [-0.4, -0.2) is 49.4 Å². The second-order valence-corrected chi connectivity index (χ2v) is 5.05. The number of likely N-dealkylation sites (tertiary alicyclic amines) is 1. The van der Waals surface area contributed by atoms with E-state index in [9.17, 15) is 9.59 Å². The third kappa shape index (κ3) is 2.97. The monoisotopic (exact) mass is 239 g/mol. The molecule has 0 radical (unpaired) electrons. The number of nitrogens with zero attached hydrogens (tertiary/aromatic N) is 1. The molecule has 5 heteroatoms. The second kappa shape index (κ2) is 5.49. The number of nitrogens with one attached hydrogen (secondary N) is 2. The number of carbonyl (C=O) groups excluding carboxylic acids is 2. The lowest BCUT2D eigenvalue weighted by molar-refractivity contribution is -0.133. The molecule has 0 aromatic heterocycles. The third-order valence-corrected chi connectivity index (χ3v) is 3.73. The van der Waals surface area contributed by atoms with Crippen molar-refractivity contribution in [2.75, 3.05) is 32.7 Å². The first-order valence-electron chi connectivity index (χ1n) is 6.44. The van der Waals surface area contributed by atoms with E-state index >= 15 is 0 Å². The van der Waals surface area contributed by atoms with E-state index in [4.69, 9.17) is 0 Å². The Balaban J connectivity index is 1.73. The Morgan fingerprint density at radius 2 is 2.00 bits per heavy atom. The molecule has 0 spiro atoms. The van der Waals surface area contributed by atoms with Crippen LogP contribution in [0.2, 0.25) is 0 Å². The quantitative estimate of drug-likeness (QED) is 0.703. The van der Waals surface area contributed by atoms with Crippen LogP contribution in [0.1, 0.15) is 19.8 Å². The molecule has 96 valence electrons.